The quantitative estimate of drug-likeness (QED) is 0.332. The molecule has 0 saturated carbocycles. The molecule has 0 unspecified atom stereocenters. The molecular weight excluding hydrogens is 530 g/mol. The molecule has 0 aliphatic carbocycles. The van der Waals surface area contributed by atoms with Crippen molar-refractivity contribution in [3.8, 4) is 0 Å². The Balaban J connectivity index is 1.04. The van der Waals surface area contributed by atoms with Gasteiger partial charge in [-0.1, -0.05) is 29.8 Å². The normalized spacial score (nSPS) is 18.9. The molecule has 10 heteroatoms. The molecule has 0 amide bonds. The van der Waals surface area contributed by atoms with Gasteiger partial charge in [-0.05, 0) is 48.7 Å². The van der Waals surface area contributed by atoms with Crippen molar-refractivity contribution in [3.63, 3.8) is 0 Å². The molecule has 10 nitrogen and oxygen atoms in total. The van der Waals surface area contributed by atoms with Crippen LogP contribution in [0.25, 0.3) is 15.9 Å². The van der Waals surface area contributed by atoms with Gasteiger partial charge >= 0.3 is 5.97 Å². The first kappa shape index (κ1) is 26.4. The van der Waals surface area contributed by atoms with Crippen molar-refractivity contribution >= 4 is 34.3 Å². The molecule has 214 valence electrons. The van der Waals surface area contributed by atoms with Gasteiger partial charge in [0, 0.05) is 45.9 Å². The van der Waals surface area contributed by atoms with Crippen LogP contribution in [-0.4, -0.2) is 75.9 Å². The number of carboxylic acid groups (broad SMARTS) is 1. The summed E-state index contributed by atoms with van der Waals surface area (Å²) >= 11 is 0. The number of imidazole rings is 1. The maximum Gasteiger partial charge on any atom is 0.335 e. The van der Waals surface area contributed by atoms with Gasteiger partial charge in [0.1, 0.15) is 17.5 Å². The molecule has 7 rings (SSSR count). The Morgan fingerprint density at radius 2 is 1.79 bits per heavy atom. The zero-order chi connectivity index (χ0) is 28.6. The molecule has 0 radical (unpaired) electrons. The van der Waals surface area contributed by atoms with Crippen LogP contribution >= 0.6 is 0 Å². The lowest BCUT2D eigenvalue weighted by Crippen LogP contribution is -2.46. The maximum absolute atomic E-state index is 11.6. The van der Waals surface area contributed by atoms with Gasteiger partial charge in [-0.25, -0.2) is 19.6 Å². The summed E-state index contributed by atoms with van der Waals surface area (Å²) in [6, 6.07) is 17.4. The van der Waals surface area contributed by atoms with Gasteiger partial charge in [0.25, 0.3) is 0 Å². The number of nitrogens with zero attached hydrogens (tertiary/aromatic N) is 7. The Labute approximate surface area is 244 Å². The third-order valence-corrected chi connectivity index (χ3v) is 8.73. The zero-order valence-electron chi connectivity index (χ0n) is 23.4. The van der Waals surface area contributed by atoms with E-state index in [9.17, 15) is 9.90 Å². The number of piperazine rings is 1. The van der Waals surface area contributed by atoms with Crippen molar-refractivity contribution in [1.29, 1.82) is 0 Å². The second kappa shape index (κ2) is 11.1. The minimum Gasteiger partial charge on any atom is -0.478 e. The molecule has 0 spiro atoms. The molecular formula is C32H33N7O3. The van der Waals surface area contributed by atoms with Crippen LogP contribution in [0.2, 0.25) is 0 Å². The molecule has 2 fully saturated rings. The Hall–Kier alpha value is -4.46. The minimum atomic E-state index is -0.932. The number of anilines is 2. The SMILES string of the molecule is [C-]#[N+]c1cccc2c1CN(c1cccc(N3CCN(Cc4nc5ccc(C(=O)O)cc5n4C[C@@H]4CCO4)CC3)n1)CC2. The molecule has 2 aromatic heterocycles. The lowest BCUT2D eigenvalue weighted by atomic mass is 9.98. The summed E-state index contributed by atoms with van der Waals surface area (Å²) in [7, 11) is 0. The average molecular weight is 564 g/mol. The van der Waals surface area contributed by atoms with E-state index in [2.05, 4.69) is 48.4 Å². The molecule has 1 atom stereocenters. The van der Waals surface area contributed by atoms with E-state index in [0.717, 1.165) is 91.9 Å². The highest BCUT2D eigenvalue weighted by atomic mass is 16.5. The highest BCUT2D eigenvalue weighted by Crippen LogP contribution is 2.31. The molecule has 0 bridgehead atoms. The third-order valence-electron chi connectivity index (χ3n) is 8.73. The van der Waals surface area contributed by atoms with Crippen molar-refractivity contribution in [2.75, 3.05) is 49.1 Å². The number of carbonyl (C=O) groups is 1. The maximum atomic E-state index is 11.6. The molecule has 4 aromatic rings. The summed E-state index contributed by atoms with van der Waals surface area (Å²) in [6.07, 6.45) is 2.07. The molecule has 3 aliphatic heterocycles. The number of rotatable bonds is 7. The van der Waals surface area contributed by atoms with Crippen molar-refractivity contribution in [2.45, 2.75) is 38.6 Å². The fraction of sp³-hybridized carbons (Fsp3) is 0.375. The highest BCUT2D eigenvalue weighted by Gasteiger charge is 2.26. The van der Waals surface area contributed by atoms with Crippen LogP contribution in [-0.2, 0) is 30.8 Å². The average Bonchev–Trinajstić information content (AvgIpc) is 3.34. The Morgan fingerprint density at radius 3 is 2.52 bits per heavy atom. The fourth-order valence-electron chi connectivity index (χ4n) is 6.23. The smallest absolute Gasteiger partial charge is 0.335 e. The third kappa shape index (κ3) is 5.06. The second-order valence-corrected chi connectivity index (χ2v) is 11.2. The summed E-state index contributed by atoms with van der Waals surface area (Å²) in [5.74, 6) is 1.94. The van der Waals surface area contributed by atoms with Crippen LogP contribution in [0.1, 0.15) is 33.7 Å². The van der Waals surface area contributed by atoms with E-state index in [1.807, 2.05) is 12.1 Å². The lowest BCUT2D eigenvalue weighted by Gasteiger charge is -2.36. The van der Waals surface area contributed by atoms with E-state index in [1.165, 1.54) is 5.56 Å². The number of aromatic nitrogens is 3. The Bertz CT molecular complexity index is 1680. The van der Waals surface area contributed by atoms with E-state index in [4.69, 9.17) is 21.3 Å². The van der Waals surface area contributed by atoms with Crippen molar-refractivity contribution in [2.24, 2.45) is 0 Å². The van der Waals surface area contributed by atoms with Crippen molar-refractivity contribution in [1.82, 2.24) is 19.4 Å². The number of pyridine rings is 1. The van der Waals surface area contributed by atoms with Crippen LogP contribution in [0.3, 0.4) is 0 Å². The number of hydrogen-bond acceptors (Lipinski definition) is 7. The van der Waals surface area contributed by atoms with Gasteiger partial charge in [-0.15, -0.1) is 0 Å². The molecule has 42 heavy (non-hydrogen) atoms. The predicted octanol–water partition coefficient (Wildman–Crippen LogP) is 4.35. The fourth-order valence-corrected chi connectivity index (χ4v) is 6.23. The van der Waals surface area contributed by atoms with Crippen LogP contribution in [0, 0.1) is 6.57 Å². The summed E-state index contributed by atoms with van der Waals surface area (Å²) < 4.78 is 7.86. The number of fused-ring (bicyclic) bond motifs is 2. The van der Waals surface area contributed by atoms with Crippen molar-refractivity contribution < 1.29 is 14.6 Å². The summed E-state index contributed by atoms with van der Waals surface area (Å²) in [4.78, 5) is 32.3. The van der Waals surface area contributed by atoms with Crippen LogP contribution in [0.5, 0.6) is 0 Å². The minimum absolute atomic E-state index is 0.145. The van der Waals surface area contributed by atoms with Gasteiger partial charge in [0.2, 0.25) is 0 Å². The molecule has 2 aromatic carbocycles. The topological polar surface area (TPSA) is 91.3 Å². The number of benzene rings is 2. The summed E-state index contributed by atoms with van der Waals surface area (Å²) in [5.41, 5.74) is 5.06. The largest absolute Gasteiger partial charge is 0.478 e. The molecule has 3 aliphatic rings. The van der Waals surface area contributed by atoms with E-state index in [1.54, 1.807) is 18.2 Å². The number of hydrogen-bond donors (Lipinski definition) is 1. The molecule has 1 N–H and O–H groups in total. The number of carboxylic acids is 1. The first-order valence-corrected chi connectivity index (χ1v) is 14.6. The van der Waals surface area contributed by atoms with E-state index in [-0.39, 0.29) is 11.7 Å². The van der Waals surface area contributed by atoms with Crippen LogP contribution < -0.4 is 9.80 Å². The van der Waals surface area contributed by atoms with E-state index < -0.39 is 5.97 Å². The number of aromatic carboxylic acids is 1. The summed E-state index contributed by atoms with van der Waals surface area (Å²) in [6.45, 7) is 14.8. The monoisotopic (exact) mass is 563 g/mol. The van der Waals surface area contributed by atoms with Gasteiger partial charge in [-0.3, -0.25) is 4.90 Å². The standard InChI is InChI=1S/C32H33N7O3/c1-33-26-5-2-4-22-10-12-38(20-25(22)26)30-7-3-6-29(35-30)37-15-13-36(14-16-37)21-31-34-27-9-8-23(32(40)41)18-28(27)39(31)19-24-11-17-42-24/h2-9,18,24H,10-17,19-21H2,(H,40,41)/t24-/m0/s1. The molecule has 5 heterocycles. The van der Waals surface area contributed by atoms with E-state index >= 15 is 0 Å². The van der Waals surface area contributed by atoms with Crippen molar-refractivity contribution in [3.05, 3.63) is 88.5 Å². The van der Waals surface area contributed by atoms with Crippen LogP contribution in [0.15, 0.2) is 54.6 Å². The van der Waals surface area contributed by atoms with Crippen LogP contribution in [0.4, 0.5) is 17.3 Å². The number of ether oxygens (including phenoxy) is 1. The molecule has 2 saturated heterocycles. The van der Waals surface area contributed by atoms with Gasteiger partial charge < -0.3 is 24.2 Å². The summed E-state index contributed by atoms with van der Waals surface area (Å²) in [5, 5.41) is 9.53. The zero-order valence-corrected chi connectivity index (χ0v) is 23.4. The second-order valence-electron chi connectivity index (χ2n) is 11.2. The van der Waals surface area contributed by atoms with Gasteiger partial charge in [0.15, 0.2) is 5.69 Å². The van der Waals surface area contributed by atoms with Gasteiger partial charge in [0.05, 0.1) is 42.4 Å². The first-order valence-electron chi connectivity index (χ1n) is 14.6. The predicted molar refractivity (Wildman–Crippen MR) is 160 cm³/mol. The first-order chi connectivity index (χ1) is 20.6. The highest BCUT2D eigenvalue weighted by molar-refractivity contribution is 5.92. The van der Waals surface area contributed by atoms with Gasteiger partial charge in [-0.2, -0.15) is 0 Å². The van der Waals surface area contributed by atoms with E-state index in [0.29, 0.717) is 19.6 Å². The lowest BCUT2D eigenvalue weighted by molar-refractivity contribution is -0.0592. The Morgan fingerprint density at radius 1 is 1.00 bits per heavy atom. The Kier molecular flexibility index (Phi) is 6.98.